The van der Waals surface area contributed by atoms with Crippen molar-refractivity contribution in [3.8, 4) is 16.8 Å². The molecule has 28 heavy (non-hydrogen) atoms. The minimum atomic E-state index is 0.662. The summed E-state index contributed by atoms with van der Waals surface area (Å²) in [5.41, 5.74) is 7.81. The van der Waals surface area contributed by atoms with Crippen molar-refractivity contribution in [1.82, 2.24) is 9.55 Å². The average Bonchev–Trinajstić information content (AvgIpc) is 3.16. The Labute approximate surface area is 165 Å². The zero-order valence-electron chi connectivity index (χ0n) is 16.1. The molecular formula is C25H21N3. The van der Waals surface area contributed by atoms with Gasteiger partial charge in [0.15, 0.2) is 5.69 Å². The predicted octanol–water partition coefficient (Wildman–Crippen LogP) is 6.30. The van der Waals surface area contributed by atoms with E-state index in [0.717, 1.165) is 11.4 Å². The first-order valence-electron chi connectivity index (χ1n) is 9.31. The third-order valence-corrected chi connectivity index (χ3v) is 4.96. The van der Waals surface area contributed by atoms with Crippen LogP contribution < -0.4 is 0 Å². The molecule has 0 aliphatic rings. The van der Waals surface area contributed by atoms with Gasteiger partial charge in [-0.25, -0.2) is 9.83 Å². The Morgan fingerprint density at radius 2 is 1.64 bits per heavy atom. The van der Waals surface area contributed by atoms with Crippen LogP contribution in [0.2, 0.25) is 0 Å². The van der Waals surface area contributed by atoms with E-state index in [2.05, 4.69) is 64.6 Å². The average molecular weight is 363 g/mol. The van der Waals surface area contributed by atoms with Crippen molar-refractivity contribution in [2.75, 3.05) is 0 Å². The van der Waals surface area contributed by atoms with Crippen molar-refractivity contribution < 1.29 is 0 Å². The first-order valence-corrected chi connectivity index (χ1v) is 9.31. The van der Waals surface area contributed by atoms with Crippen LogP contribution >= 0.6 is 0 Å². The molecule has 0 bridgehead atoms. The normalized spacial score (nSPS) is 10.6. The van der Waals surface area contributed by atoms with E-state index in [1.54, 1.807) is 0 Å². The number of aromatic nitrogens is 2. The summed E-state index contributed by atoms with van der Waals surface area (Å²) in [6, 6.07) is 22.7. The van der Waals surface area contributed by atoms with Crippen LogP contribution in [0.1, 0.15) is 22.5 Å². The van der Waals surface area contributed by atoms with E-state index in [0.29, 0.717) is 12.1 Å². The van der Waals surface area contributed by atoms with Crippen LogP contribution in [0.15, 0.2) is 79.1 Å². The molecule has 3 nitrogen and oxygen atoms in total. The summed E-state index contributed by atoms with van der Waals surface area (Å²) in [5.74, 6) is 0.973. The number of benzene rings is 3. The van der Waals surface area contributed by atoms with E-state index in [-0.39, 0.29) is 0 Å². The Morgan fingerprint density at radius 3 is 2.36 bits per heavy atom. The van der Waals surface area contributed by atoms with Crippen LogP contribution in [0.25, 0.3) is 21.7 Å². The maximum Gasteiger partial charge on any atom is 0.187 e. The Morgan fingerprint density at radius 1 is 0.893 bits per heavy atom. The van der Waals surface area contributed by atoms with Crippen molar-refractivity contribution >= 4 is 5.69 Å². The van der Waals surface area contributed by atoms with Gasteiger partial charge in [-0.3, -0.25) is 0 Å². The molecule has 3 heteroatoms. The molecule has 0 saturated heterocycles. The lowest BCUT2D eigenvalue weighted by atomic mass is 9.98. The highest BCUT2D eigenvalue weighted by atomic mass is 15.1. The second-order valence-electron chi connectivity index (χ2n) is 7.00. The Kier molecular flexibility index (Phi) is 4.78. The summed E-state index contributed by atoms with van der Waals surface area (Å²) in [4.78, 5) is 8.12. The number of hydrogen-bond acceptors (Lipinski definition) is 1. The number of aryl methyl sites for hydroxylation is 2. The molecule has 1 aromatic heterocycles. The molecule has 4 aromatic rings. The van der Waals surface area contributed by atoms with Gasteiger partial charge in [-0.15, -0.1) is 0 Å². The molecule has 0 aliphatic heterocycles. The van der Waals surface area contributed by atoms with Gasteiger partial charge >= 0.3 is 0 Å². The van der Waals surface area contributed by atoms with Crippen LogP contribution in [0, 0.1) is 20.4 Å². The van der Waals surface area contributed by atoms with E-state index < -0.39 is 0 Å². The fourth-order valence-corrected chi connectivity index (χ4v) is 3.72. The maximum atomic E-state index is 7.22. The first kappa shape index (κ1) is 17.8. The number of nitrogens with zero attached hydrogens (tertiary/aromatic N) is 3. The molecule has 3 aromatic carbocycles. The Balaban J connectivity index is 1.73. The minimum Gasteiger partial charge on any atom is -0.303 e. The van der Waals surface area contributed by atoms with E-state index in [1.165, 1.54) is 27.9 Å². The summed E-state index contributed by atoms with van der Waals surface area (Å²) in [5, 5.41) is 0. The molecule has 136 valence electrons. The van der Waals surface area contributed by atoms with Gasteiger partial charge in [0.05, 0.1) is 12.3 Å². The maximum absolute atomic E-state index is 7.22. The molecule has 0 fully saturated rings. The molecule has 0 N–H and O–H groups in total. The minimum absolute atomic E-state index is 0.662. The fourth-order valence-electron chi connectivity index (χ4n) is 3.72. The molecule has 0 saturated carbocycles. The van der Waals surface area contributed by atoms with Gasteiger partial charge < -0.3 is 4.57 Å². The van der Waals surface area contributed by atoms with E-state index in [9.17, 15) is 0 Å². The SMILES string of the molecule is [C-]#[N+]c1cccc(Cc2nccn2-c2c(C)cc(-c3ccccc3)cc2C)c1. The molecular weight excluding hydrogens is 342 g/mol. The standard InChI is InChI=1S/C25H21N3/c1-18-14-22(21-9-5-4-6-10-21)15-19(2)25(18)28-13-12-27-24(28)17-20-8-7-11-23(16-20)26-3/h4-16H,17H2,1-2H3. The summed E-state index contributed by atoms with van der Waals surface area (Å²) in [7, 11) is 0. The zero-order chi connectivity index (χ0) is 19.5. The summed E-state index contributed by atoms with van der Waals surface area (Å²) in [6.07, 6.45) is 4.55. The third-order valence-electron chi connectivity index (χ3n) is 4.96. The molecule has 4 rings (SSSR count). The van der Waals surface area contributed by atoms with Gasteiger partial charge in [-0.2, -0.15) is 0 Å². The molecule has 0 spiro atoms. The lowest BCUT2D eigenvalue weighted by Crippen LogP contribution is -2.05. The van der Waals surface area contributed by atoms with E-state index in [1.807, 2.05) is 42.7 Å². The second kappa shape index (κ2) is 7.54. The summed E-state index contributed by atoms with van der Waals surface area (Å²) < 4.78 is 2.17. The van der Waals surface area contributed by atoms with Crippen molar-refractivity contribution in [3.05, 3.63) is 113 Å². The number of rotatable bonds is 4. The lowest BCUT2D eigenvalue weighted by molar-refractivity contribution is 0.901. The smallest absolute Gasteiger partial charge is 0.187 e. The monoisotopic (exact) mass is 363 g/mol. The predicted molar refractivity (Wildman–Crippen MR) is 114 cm³/mol. The Hall–Kier alpha value is -3.64. The quantitative estimate of drug-likeness (QED) is 0.390. The van der Waals surface area contributed by atoms with Gasteiger partial charge in [0.2, 0.25) is 0 Å². The highest BCUT2D eigenvalue weighted by Crippen LogP contribution is 2.29. The molecule has 0 radical (unpaired) electrons. The highest BCUT2D eigenvalue weighted by Gasteiger charge is 2.13. The van der Waals surface area contributed by atoms with Crippen LogP contribution in [0.4, 0.5) is 5.69 Å². The molecule has 0 amide bonds. The third kappa shape index (κ3) is 3.45. The van der Waals surface area contributed by atoms with Crippen molar-refractivity contribution in [2.45, 2.75) is 20.3 Å². The molecule has 0 aliphatic carbocycles. The zero-order valence-corrected chi connectivity index (χ0v) is 16.1. The number of hydrogen-bond donors (Lipinski definition) is 0. The van der Waals surface area contributed by atoms with E-state index >= 15 is 0 Å². The molecule has 0 atom stereocenters. The van der Waals surface area contributed by atoms with Gasteiger partial charge in [-0.05, 0) is 48.2 Å². The second-order valence-corrected chi connectivity index (χ2v) is 7.00. The summed E-state index contributed by atoms with van der Waals surface area (Å²) >= 11 is 0. The topological polar surface area (TPSA) is 22.2 Å². The van der Waals surface area contributed by atoms with Crippen molar-refractivity contribution in [1.29, 1.82) is 0 Å². The van der Waals surface area contributed by atoms with Crippen molar-refractivity contribution in [2.24, 2.45) is 0 Å². The van der Waals surface area contributed by atoms with Crippen LogP contribution in [-0.2, 0) is 6.42 Å². The number of imidazole rings is 1. The van der Waals surface area contributed by atoms with Crippen molar-refractivity contribution in [3.63, 3.8) is 0 Å². The first-order chi connectivity index (χ1) is 13.7. The van der Waals surface area contributed by atoms with Gasteiger partial charge in [-0.1, -0.05) is 60.2 Å². The van der Waals surface area contributed by atoms with Gasteiger partial charge in [0.25, 0.3) is 0 Å². The van der Waals surface area contributed by atoms with Gasteiger partial charge in [0, 0.05) is 18.8 Å². The van der Waals surface area contributed by atoms with Crippen LogP contribution in [0.3, 0.4) is 0 Å². The Bertz CT molecular complexity index is 1140. The lowest BCUT2D eigenvalue weighted by Gasteiger charge is -2.16. The summed E-state index contributed by atoms with van der Waals surface area (Å²) in [6.45, 7) is 11.5. The molecule has 0 unspecified atom stereocenters. The van der Waals surface area contributed by atoms with E-state index in [4.69, 9.17) is 6.57 Å². The largest absolute Gasteiger partial charge is 0.303 e. The highest BCUT2D eigenvalue weighted by molar-refractivity contribution is 5.68. The molecule has 1 heterocycles. The fraction of sp³-hybridized carbons (Fsp3) is 0.120. The van der Waals surface area contributed by atoms with Gasteiger partial charge in [0.1, 0.15) is 5.82 Å². The van der Waals surface area contributed by atoms with Crippen LogP contribution in [-0.4, -0.2) is 9.55 Å². The van der Waals surface area contributed by atoms with Crippen LogP contribution in [0.5, 0.6) is 0 Å².